The lowest BCUT2D eigenvalue weighted by Gasteiger charge is -2.25. The SMILES string of the molecule is CCCCCC(=O)N1CCCC1CC(C)O. The minimum Gasteiger partial charge on any atom is -0.393 e. The number of amides is 1. The molecule has 1 amide bonds. The molecule has 0 spiro atoms. The van der Waals surface area contributed by atoms with Crippen LogP contribution in [0.2, 0.25) is 0 Å². The summed E-state index contributed by atoms with van der Waals surface area (Å²) in [6.45, 7) is 4.84. The van der Waals surface area contributed by atoms with E-state index in [1.165, 1.54) is 0 Å². The lowest BCUT2D eigenvalue weighted by Crippen LogP contribution is -2.37. The van der Waals surface area contributed by atoms with Crippen molar-refractivity contribution in [1.29, 1.82) is 0 Å². The van der Waals surface area contributed by atoms with Crippen molar-refractivity contribution < 1.29 is 9.90 Å². The van der Waals surface area contributed by atoms with E-state index in [2.05, 4.69) is 6.92 Å². The van der Waals surface area contributed by atoms with Crippen LogP contribution < -0.4 is 0 Å². The number of aliphatic hydroxyl groups excluding tert-OH is 1. The molecule has 2 unspecified atom stereocenters. The number of hydrogen-bond acceptors (Lipinski definition) is 2. The molecule has 0 aromatic heterocycles. The molecule has 1 fully saturated rings. The van der Waals surface area contributed by atoms with E-state index in [4.69, 9.17) is 0 Å². The molecule has 1 N–H and O–H groups in total. The average molecular weight is 227 g/mol. The number of aliphatic hydroxyl groups is 1. The Labute approximate surface area is 98.8 Å². The van der Waals surface area contributed by atoms with Gasteiger partial charge in [-0.1, -0.05) is 19.8 Å². The molecule has 1 heterocycles. The van der Waals surface area contributed by atoms with Crippen LogP contribution in [0.3, 0.4) is 0 Å². The molecule has 0 aromatic rings. The molecule has 3 nitrogen and oxygen atoms in total. The molecule has 16 heavy (non-hydrogen) atoms. The molecule has 0 bridgehead atoms. The Balaban J connectivity index is 2.35. The molecule has 0 aliphatic carbocycles. The lowest BCUT2D eigenvalue weighted by molar-refractivity contribution is -0.132. The summed E-state index contributed by atoms with van der Waals surface area (Å²) in [5.41, 5.74) is 0. The van der Waals surface area contributed by atoms with Crippen LogP contribution in [0.4, 0.5) is 0 Å². The average Bonchev–Trinajstić information content (AvgIpc) is 2.65. The minimum atomic E-state index is -0.297. The van der Waals surface area contributed by atoms with Gasteiger partial charge >= 0.3 is 0 Å². The van der Waals surface area contributed by atoms with Crippen molar-refractivity contribution in [3.8, 4) is 0 Å². The Morgan fingerprint density at radius 1 is 1.50 bits per heavy atom. The fourth-order valence-corrected chi connectivity index (χ4v) is 2.47. The van der Waals surface area contributed by atoms with Gasteiger partial charge in [0.05, 0.1) is 6.10 Å². The van der Waals surface area contributed by atoms with Crippen molar-refractivity contribution in [3.05, 3.63) is 0 Å². The van der Waals surface area contributed by atoms with E-state index in [1.807, 2.05) is 4.90 Å². The highest BCUT2D eigenvalue weighted by Gasteiger charge is 2.28. The molecule has 94 valence electrons. The number of rotatable bonds is 6. The molecule has 1 rings (SSSR count). The van der Waals surface area contributed by atoms with Gasteiger partial charge in [-0.05, 0) is 32.6 Å². The summed E-state index contributed by atoms with van der Waals surface area (Å²) in [5.74, 6) is 0.289. The van der Waals surface area contributed by atoms with Crippen LogP contribution in [0.5, 0.6) is 0 Å². The second-order valence-electron chi connectivity index (χ2n) is 4.93. The van der Waals surface area contributed by atoms with E-state index in [-0.39, 0.29) is 18.1 Å². The third-order valence-electron chi connectivity index (χ3n) is 3.30. The largest absolute Gasteiger partial charge is 0.393 e. The second-order valence-corrected chi connectivity index (χ2v) is 4.93. The second kappa shape index (κ2) is 6.89. The quantitative estimate of drug-likeness (QED) is 0.707. The zero-order valence-corrected chi connectivity index (χ0v) is 10.6. The number of unbranched alkanes of at least 4 members (excludes halogenated alkanes) is 2. The van der Waals surface area contributed by atoms with Gasteiger partial charge in [-0.2, -0.15) is 0 Å². The number of hydrogen-bond donors (Lipinski definition) is 1. The highest BCUT2D eigenvalue weighted by molar-refractivity contribution is 5.76. The van der Waals surface area contributed by atoms with E-state index in [1.54, 1.807) is 6.92 Å². The topological polar surface area (TPSA) is 40.5 Å². The fraction of sp³-hybridized carbons (Fsp3) is 0.923. The van der Waals surface area contributed by atoms with Gasteiger partial charge in [-0.25, -0.2) is 0 Å². The van der Waals surface area contributed by atoms with Crippen molar-refractivity contribution in [2.24, 2.45) is 0 Å². The summed E-state index contributed by atoms with van der Waals surface area (Å²) in [6, 6.07) is 0.286. The molecule has 3 heteroatoms. The molecule has 1 aliphatic heterocycles. The molecule has 0 saturated carbocycles. The maximum atomic E-state index is 12.0. The first-order valence-corrected chi connectivity index (χ1v) is 6.62. The van der Waals surface area contributed by atoms with Crippen LogP contribution in [0, 0.1) is 0 Å². The van der Waals surface area contributed by atoms with Crippen molar-refractivity contribution in [1.82, 2.24) is 4.90 Å². The summed E-state index contributed by atoms with van der Waals surface area (Å²) in [7, 11) is 0. The van der Waals surface area contributed by atoms with E-state index < -0.39 is 0 Å². The van der Waals surface area contributed by atoms with Crippen LogP contribution in [-0.2, 0) is 4.79 Å². The highest BCUT2D eigenvalue weighted by atomic mass is 16.3. The van der Waals surface area contributed by atoms with Crippen LogP contribution in [-0.4, -0.2) is 34.6 Å². The molecule has 0 radical (unpaired) electrons. The number of carbonyl (C=O) groups excluding carboxylic acids is 1. The minimum absolute atomic E-state index is 0.286. The third kappa shape index (κ3) is 4.12. The molecular formula is C13H25NO2. The molecule has 1 saturated heterocycles. The van der Waals surface area contributed by atoms with Crippen LogP contribution in [0.1, 0.15) is 58.8 Å². The predicted octanol–water partition coefficient (Wildman–Crippen LogP) is 2.33. The van der Waals surface area contributed by atoms with Gasteiger partial charge in [0.25, 0.3) is 0 Å². The molecule has 2 atom stereocenters. The maximum Gasteiger partial charge on any atom is 0.222 e. The summed E-state index contributed by atoms with van der Waals surface area (Å²) in [4.78, 5) is 13.9. The van der Waals surface area contributed by atoms with Gasteiger partial charge in [-0.15, -0.1) is 0 Å². The Morgan fingerprint density at radius 2 is 2.25 bits per heavy atom. The Hall–Kier alpha value is -0.570. The van der Waals surface area contributed by atoms with E-state index in [0.717, 1.165) is 45.1 Å². The Kier molecular flexibility index (Phi) is 5.81. The third-order valence-corrected chi connectivity index (χ3v) is 3.30. The fourth-order valence-electron chi connectivity index (χ4n) is 2.47. The van der Waals surface area contributed by atoms with E-state index in [0.29, 0.717) is 6.42 Å². The Bertz CT molecular complexity index is 216. The van der Waals surface area contributed by atoms with Gasteiger partial charge in [0.1, 0.15) is 0 Å². The first kappa shape index (κ1) is 13.5. The van der Waals surface area contributed by atoms with E-state index in [9.17, 15) is 9.90 Å². The van der Waals surface area contributed by atoms with Crippen molar-refractivity contribution in [2.45, 2.75) is 70.9 Å². The summed E-state index contributed by atoms with van der Waals surface area (Å²) in [5, 5.41) is 9.39. The van der Waals surface area contributed by atoms with Gasteiger partial charge in [0.15, 0.2) is 0 Å². The van der Waals surface area contributed by atoms with Gasteiger partial charge < -0.3 is 10.0 Å². The van der Waals surface area contributed by atoms with Crippen molar-refractivity contribution in [2.75, 3.05) is 6.54 Å². The first-order chi connectivity index (χ1) is 7.65. The maximum absolute atomic E-state index is 12.0. The number of likely N-dealkylation sites (tertiary alicyclic amines) is 1. The van der Waals surface area contributed by atoms with Crippen LogP contribution >= 0.6 is 0 Å². The van der Waals surface area contributed by atoms with Crippen LogP contribution in [0.25, 0.3) is 0 Å². The lowest BCUT2D eigenvalue weighted by atomic mass is 10.1. The monoisotopic (exact) mass is 227 g/mol. The summed E-state index contributed by atoms with van der Waals surface area (Å²) >= 11 is 0. The van der Waals surface area contributed by atoms with Gasteiger partial charge in [-0.3, -0.25) is 4.79 Å². The summed E-state index contributed by atoms with van der Waals surface area (Å²) < 4.78 is 0. The molecule has 1 aliphatic rings. The normalized spacial score (nSPS) is 22.4. The number of nitrogens with zero attached hydrogens (tertiary/aromatic N) is 1. The van der Waals surface area contributed by atoms with Gasteiger partial charge in [0.2, 0.25) is 5.91 Å². The Morgan fingerprint density at radius 3 is 2.88 bits per heavy atom. The van der Waals surface area contributed by atoms with Crippen molar-refractivity contribution >= 4 is 5.91 Å². The molecular weight excluding hydrogens is 202 g/mol. The predicted molar refractivity (Wildman–Crippen MR) is 65.2 cm³/mol. The zero-order chi connectivity index (χ0) is 12.0. The standard InChI is InChI=1S/C13H25NO2/c1-3-4-5-8-13(16)14-9-6-7-12(14)10-11(2)15/h11-12,15H,3-10H2,1-2H3. The van der Waals surface area contributed by atoms with Gasteiger partial charge in [0, 0.05) is 19.0 Å². The van der Waals surface area contributed by atoms with E-state index >= 15 is 0 Å². The molecule has 0 aromatic carbocycles. The highest BCUT2D eigenvalue weighted by Crippen LogP contribution is 2.22. The van der Waals surface area contributed by atoms with Crippen molar-refractivity contribution in [3.63, 3.8) is 0 Å². The number of carbonyl (C=O) groups is 1. The zero-order valence-electron chi connectivity index (χ0n) is 10.6. The first-order valence-electron chi connectivity index (χ1n) is 6.62. The smallest absolute Gasteiger partial charge is 0.222 e. The summed E-state index contributed by atoms with van der Waals surface area (Å²) in [6.07, 6.45) is 6.58. The van der Waals surface area contributed by atoms with Crippen LogP contribution in [0.15, 0.2) is 0 Å².